The number of hydrogen-bond acceptors (Lipinski definition) is 7. The molecule has 3 fully saturated rings. The topological polar surface area (TPSA) is 138 Å². The van der Waals surface area contributed by atoms with Gasteiger partial charge in [0.1, 0.15) is 23.8 Å². The van der Waals surface area contributed by atoms with Gasteiger partial charge >= 0.3 is 5.97 Å². The van der Waals surface area contributed by atoms with Gasteiger partial charge in [-0.2, -0.15) is 0 Å². The van der Waals surface area contributed by atoms with Crippen LogP contribution in [-0.2, 0) is 25.8 Å². The van der Waals surface area contributed by atoms with Crippen LogP contribution in [0, 0.1) is 11.8 Å². The lowest BCUT2D eigenvalue weighted by molar-refractivity contribution is -0.159. The van der Waals surface area contributed by atoms with E-state index in [2.05, 4.69) is 16.9 Å². The van der Waals surface area contributed by atoms with Crippen LogP contribution in [0.5, 0.6) is 0 Å². The number of nitrogens with zero attached hydrogens (tertiary/aromatic N) is 5. The fraction of sp³-hybridized carbons (Fsp3) is 0.414. The van der Waals surface area contributed by atoms with E-state index in [-0.39, 0.29) is 13.2 Å². The Labute approximate surface area is 230 Å². The van der Waals surface area contributed by atoms with Gasteiger partial charge in [-0.15, -0.1) is 11.7 Å². The van der Waals surface area contributed by atoms with Gasteiger partial charge in [-0.25, -0.2) is 4.68 Å². The Morgan fingerprint density at radius 1 is 1.20 bits per heavy atom. The van der Waals surface area contributed by atoms with Gasteiger partial charge in [0, 0.05) is 6.54 Å². The summed E-state index contributed by atoms with van der Waals surface area (Å²) in [4.78, 5) is 44.3. The molecule has 2 unspecified atom stereocenters. The molecule has 2 bridgehead atoms. The zero-order valence-corrected chi connectivity index (χ0v) is 22.1. The molecule has 3 aliphatic heterocycles. The summed E-state index contributed by atoms with van der Waals surface area (Å²) in [7, 11) is 0. The molecular weight excluding hydrogens is 514 g/mol. The number of aliphatic carboxylic acids is 1. The smallest absolute Gasteiger partial charge is 0.310 e. The van der Waals surface area contributed by atoms with Crippen LogP contribution in [0.15, 0.2) is 67.3 Å². The fourth-order valence-electron chi connectivity index (χ4n) is 7.11. The maximum Gasteiger partial charge on any atom is 0.310 e. The van der Waals surface area contributed by atoms with Crippen molar-refractivity contribution in [3.05, 3.63) is 72.8 Å². The number of aliphatic hydroxyl groups is 1. The second-order valence-electron chi connectivity index (χ2n) is 11.0. The van der Waals surface area contributed by atoms with E-state index < -0.39 is 59.5 Å². The van der Waals surface area contributed by atoms with Crippen LogP contribution < -0.4 is 0 Å². The SMILES string of the molecule is C=CCN(Cn1nnc2ccccc21)C(=O)C1N([C@H](CO)c2ccccc2)C(=O)[C@@H]2[C@@H](C(=O)O)[C@@]3(C)CCC12O3. The number of hydrogen-bond donors (Lipinski definition) is 2. The van der Waals surface area contributed by atoms with Gasteiger partial charge in [-0.05, 0) is 37.5 Å². The minimum absolute atomic E-state index is 0.0272. The van der Waals surface area contributed by atoms with Crippen molar-refractivity contribution >= 4 is 28.8 Å². The molecule has 3 saturated heterocycles. The summed E-state index contributed by atoms with van der Waals surface area (Å²) in [6.45, 7) is 5.25. The first-order valence-corrected chi connectivity index (χ1v) is 13.3. The highest BCUT2D eigenvalue weighted by atomic mass is 16.5. The lowest BCUT2D eigenvalue weighted by Gasteiger charge is -2.39. The zero-order valence-electron chi connectivity index (χ0n) is 22.1. The number of rotatable bonds is 9. The molecule has 11 nitrogen and oxygen atoms in total. The molecule has 40 heavy (non-hydrogen) atoms. The number of aliphatic hydroxyl groups excluding tert-OH is 1. The average Bonchev–Trinajstić information content (AvgIpc) is 3.65. The molecule has 0 saturated carbocycles. The largest absolute Gasteiger partial charge is 0.481 e. The van der Waals surface area contributed by atoms with Crippen LogP contribution in [0.2, 0.25) is 0 Å². The first kappa shape index (κ1) is 26.1. The van der Waals surface area contributed by atoms with E-state index in [1.54, 1.807) is 41.9 Å². The first-order valence-electron chi connectivity index (χ1n) is 13.3. The Hall–Kier alpha value is -4.09. The lowest BCUT2D eigenvalue weighted by atomic mass is 9.66. The minimum Gasteiger partial charge on any atom is -0.481 e. The fourth-order valence-corrected chi connectivity index (χ4v) is 7.11. The zero-order chi connectivity index (χ0) is 28.2. The summed E-state index contributed by atoms with van der Waals surface area (Å²) >= 11 is 0. The number of carboxylic acids is 1. The molecule has 6 rings (SSSR count). The van der Waals surface area contributed by atoms with E-state index in [0.29, 0.717) is 23.9 Å². The molecule has 1 aromatic heterocycles. The van der Waals surface area contributed by atoms with Crippen molar-refractivity contribution in [2.45, 2.75) is 49.7 Å². The van der Waals surface area contributed by atoms with E-state index in [9.17, 15) is 24.6 Å². The number of carbonyl (C=O) groups excluding carboxylic acids is 2. The number of ether oxygens (including phenoxy) is 1. The highest BCUT2D eigenvalue weighted by molar-refractivity contribution is 5.98. The van der Waals surface area contributed by atoms with Gasteiger partial charge in [-0.3, -0.25) is 14.4 Å². The van der Waals surface area contributed by atoms with Gasteiger partial charge in [0.05, 0.1) is 35.6 Å². The predicted molar refractivity (Wildman–Crippen MR) is 142 cm³/mol. The lowest BCUT2D eigenvalue weighted by Crippen LogP contribution is -2.57. The van der Waals surface area contributed by atoms with Gasteiger partial charge in [0.15, 0.2) is 0 Å². The number of aromatic nitrogens is 3. The first-order chi connectivity index (χ1) is 19.3. The van der Waals surface area contributed by atoms with Crippen LogP contribution in [0.4, 0.5) is 0 Å². The molecule has 1 spiro atoms. The number of carboxylic acid groups (broad SMARTS) is 1. The van der Waals surface area contributed by atoms with Crippen LogP contribution in [0.3, 0.4) is 0 Å². The molecule has 208 valence electrons. The monoisotopic (exact) mass is 545 g/mol. The maximum absolute atomic E-state index is 14.6. The number of likely N-dealkylation sites (tertiary alicyclic amines) is 1. The standard InChI is InChI=1S/C29H31N5O6/c1-3-15-32(17-33-20-12-8-7-11-19(20)30-31-33)26(37)24-29-14-13-28(2,40-29)23(27(38)39)22(29)25(36)34(24)21(16-35)18-9-5-4-6-10-18/h3-12,21-24,35H,1,13-17H2,2H3,(H,38,39)/t21-,22+,23+,24?,28-,29?/m1/s1. The third kappa shape index (κ3) is 3.68. The molecule has 2 amide bonds. The number of fused-ring (bicyclic) bond motifs is 2. The maximum atomic E-state index is 14.6. The Bertz CT molecular complexity index is 1490. The summed E-state index contributed by atoms with van der Waals surface area (Å²) < 4.78 is 8.11. The molecule has 0 radical (unpaired) electrons. The van der Waals surface area contributed by atoms with Gasteiger partial charge in [0.2, 0.25) is 11.8 Å². The Morgan fingerprint density at radius 3 is 2.62 bits per heavy atom. The predicted octanol–water partition coefficient (Wildman–Crippen LogP) is 1.99. The molecule has 11 heteroatoms. The molecular formula is C29H31N5O6. The van der Waals surface area contributed by atoms with E-state index in [1.807, 2.05) is 30.3 Å². The van der Waals surface area contributed by atoms with E-state index >= 15 is 0 Å². The Morgan fingerprint density at radius 2 is 1.93 bits per heavy atom. The van der Waals surface area contributed by atoms with E-state index in [4.69, 9.17) is 4.74 Å². The molecule has 2 aromatic carbocycles. The molecule has 4 heterocycles. The molecule has 3 aromatic rings. The van der Waals surface area contributed by atoms with Crippen molar-refractivity contribution in [3.8, 4) is 0 Å². The average molecular weight is 546 g/mol. The number of benzene rings is 2. The summed E-state index contributed by atoms with van der Waals surface area (Å²) in [6, 6.07) is 14.3. The highest BCUT2D eigenvalue weighted by Crippen LogP contribution is 2.64. The third-order valence-corrected chi connectivity index (χ3v) is 8.79. The van der Waals surface area contributed by atoms with Gasteiger partial charge < -0.3 is 24.7 Å². The molecule has 3 aliphatic rings. The summed E-state index contributed by atoms with van der Waals surface area (Å²) in [5.41, 5.74) is -0.391. The van der Waals surface area contributed by atoms with Crippen molar-refractivity contribution in [1.82, 2.24) is 24.8 Å². The normalized spacial score (nSPS) is 29.5. The van der Waals surface area contributed by atoms with Crippen molar-refractivity contribution < 1.29 is 29.3 Å². The van der Waals surface area contributed by atoms with Gasteiger partial charge in [-0.1, -0.05) is 53.8 Å². The number of para-hydroxylation sites is 1. The van der Waals surface area contributed by atoms with Gasteiger partial charge in [0.25, 0.3) is 0 Å². The summed E-state index contributed by atoms with van der Waals surface area (Å²) in [5, 5.41) is 29.2. The second-order valence-corrected chi connectivity index (χ2v) is 11.0. The van der Waals surface area contributed by atoms with Crippen LogP contribution in [0.25, 0.3) is 11.0 Å². The quantitative estimate of drug-likeness (QED) is 0.390. The van der Waals surface area contributed by atoms with Crippen molar-refractivity contribution in [1.29, 1.82) is 0 Å². The number of carbonyl (C=O) groups is 3. The van der Waals surface area contributed by atoms with Crippen molar-refractivity contribution in [3.63, 3.8) is 0 Å². The molecule has 0 aliphatic carbocycles. The Balaban J connectivity index is 1.46. The molecule has 6 atom stereocenters. The minimum atomic E-state index is -1.35. The second kappa shape index (κ2) is 9.53. The van der Waals surface area contributed by atoms with Crippen LogP contribution in [-0.4, -0.2) is 83.2 Å². The molecule has 2 N–H and O–H groups in total. The van der Waals surface area contributed by atoms with Crippen LogP contribution >= 0.6 is 0 Å². The van der Waals surface area contributed by atoms with Crippen LogP contribution in [0.1, 0.15) is 31.4 Å². The third-order valence-electron chi connectivity index (χ3n) is 8.79. The Kier molecular flexibility index (Phi) is 6.23. The van der Waals surface area contributed by atoms with E-state index in [1.165, 1.54) is 9.80 Å². The van der Waals surface area contributed by atoms with Crippen molar-refractivity contribution in [2.24, 2.45) is 11.8 Å². The summed E-state index contributed by atoms with van der Waals surface area (Å²) in [5.74, 6) is -4.24. The van der Waals surface area contributed by atoms with Crippen molar-refractivity contribution in [2.75, 3.05) is 13.2 Å². The number of amides is 2. The van der Waals surface area contributed by atoms with E-state index in [0.717, 1.165) is 5.52 Å². The highest BCUT2D eigenvalue weighted by Gasteiger charge is 2.79. The summed E-state index contributed by atoms with van der Waals surface area (Å²) in [6.07, 6.45) is 2.33.